The second-order valence-electron chi connectivity index (χ2n) is 11.2. The van der Waals surface area contributed by atoms with E-state index in [0.29, 0.717) is 0 Å². The Kier molecular flexibility index (Phi) is 11.5. The fourth-order valence-electron chi connectivity index (χ4n) is 5.71. The summed E-state index contributed by atoms with van der Waals surface area (Å²) in [6.07, 6.45) is -20.8. The summed E-state index contributed by atoms with van der Waals surface area (Å²) in [6.45, 7) is -1.47. The van der Waals surface area contributed by atoms with Gasteiger partial charge in [0.2, 0.25) is 0 Å². The molecule has 246 valence electrons. The molecule has 18 N–H and O–H groups in total. The molecule has 19 atom stereocenters. The summed E-state index contributed by atoms with van der Waals surface area (Å²) in [6, 6.07) is -4.39. The predicted octanol–water partition coefficient (Wildman–Crippen LogP) is -8.86. The van der Waals surface area contributed by atoms with E-state index in [1.165, 1.54) is 0 Å². The highest BCUT2D eigenvalue weighted by Gasteiger charge is 2.54. The van der Waals surface area contributed by atoms with Gasteiger partial charge in [-0.05, 0) is 6.42 Å². The van der Waals surface area contributed by atoms with Gasteiger partial charge in [0.15, 0.2) is 18.9 Å². The molecular weight excluding hydrogens is 570 g/mol. The van der Waals surface area contributed by atoms with E-state index in [2.05, 4.69) is 0 Å². The normalized spacial score (nSPS) is 53.8. The van der Waals surface area contributed by atoms with E-state index < -0.39 is 129 Å². The van der Waals surface area contributed by atoms with Crippen molar-refractivity contribution in [1.29, 1.82) is 0 Å². The van der Waals surface area contributed by atoms with Crippen LogP contribution in [0.1, 0.15) is 6.42 Å². The zero-order chi connectivity index (χ0) is 31.0. The van der Waals surface area contributed by atoms with Gasteiger partial charge >= 0.3 is 0 Å². The van der Waals surface area contributed by atoms with Crippen LogP contribution in [0.4, 0.5) is 0 Å². The average molecular weight is 616 g/mol. The molecule has 3 heterocycles. The van der Waals surface area contributed by atoms with Crippen molar-refractivity contribution in [3.8, 4) is 0 Å². The molecule has 4 fully saturated rings. The van der Waals surface area contributed by atoms with Crippen LogP contribution in [0.15, 0.2) is 0 Å². The second kappa shape index (κ2) is 14.1. The predicted molar refractivity (Wildman–Crippen MR) is 136 cm³/mol. The first-order valence-electron chi connectivity index (χ1n) is 13.8. The highest BCUT2D eigenvalue weighted by atomic mass is 16.8. The Bertz CT molecular complexity index is 816. The molecule has 0 amide bonds. The van der Waals surface area contributed by atoms with E-state index in [1.807, 2.05) is 0 Å². The van der Waals surface area contributed by atoms with Gasteiger partial charge in [-0.25, -0.2) is 0 Å². The van der Waals surface area contributed by atoms with Crippen LogP contribution in [0.5, 0.6) is 0 Å². The standard InChI is InChI=1S/C23H45N5O14/c24-2-7-13(32)15(34)11(28)21(37-7)40-18-5(25)1-6(26)19(20(18)42-23-17(36)14(33)9(4-30)39-23)41-22-16(35)10(27)12(31)8(3-29)38-22/h5-23,29-36H,1-4,24-28H2/t5-,6+,7+,8+,9+,10-,11+,12+,13+,14+,15+,16+,17+,18+,19-,20-,21+,22+,23-/m0/s1. The minimum atomic E-state index is -1.64. The maximum absolute atomic E-state index is 10.7. The Hall–Kier alpha value is -0.760. The summed E-state index contributed by atoms with van der Waals surface area (Å²) >= 11 is 0. The summed E-state index contributed by atoms with van der Waals surface area (Å²) in [7, 11) is 0. The molecule has 1 saturated carbocycles. The molecule has 42 heavy (non-hydrogen) atoms. The number of aliphatic hydroxyl groups excluding tert-OH is 8. The zero-order valence-corrected chi connectivity index (χ0v) is 22.7. The van der Waals surface area contributed by atoms with Crippen molar-refractivity contribution in [2.45, 2.75) is 123 Å². The number of hydrogen-bond donors (Lipinski definition) is 13. The van der Waals surface area contributed by atoms with Crippen molar-refractivity contribution in [2.24, 2.45) is 28.7 Å². The molecular formula is C23H45N5O14. The highest BCUT2D eigenvalue weighted by Crippen LogP contribution is 2.35. The lowest BCUT2D eigenvalue weighted by molar-refractivity contribution is -0.336. The van der Waals surface area contributed by atoms with Crippen LogP contribution in [0, 0.1) is 0 Å². The van der Waals surface area contributed by atoms with Crippen molar-refractivity contribution in [1.82, 2.24) is 0 Å². The first kappa shape index (κ1) is 34.1. The molecule has 1 aliphatic carbocycles. The van der Waals surface area contributed by atoms with Gasteiger partial charge in [-0.2, -0.15) is 0 Å². The Morgan fingerprint density at radius 2 is 0.976 bits per heavy atom. The fraction of sp³-hybridized carbons (Fsp3) is 1.00. The highest BCUT2D eigenvalue weighted by molar-refractivity contribution is 5.03. The summed E-state index contributed by atoms with van der Waals surface area (Å²) < 4.78 is 34.9. The zero-order valence-electron chi connectivity index (χ0n) is 22.7. The van der Waals surface area contributed by atoms with Crippen molar-refractivity contribution >= 4 is 0 Å². The molecule has 19 heteroatoms. The van der Waals surface area contributed by atoms with Crippen LogP contribution in [-0.4, -0.2) is 177 Å². The van der Waals surface area contributed by atoms with Crippen molar-refractivity contribution in [3.05, 3.63) is 0 Å². The van der Waals surface area contributed by atoms with Crippen molar-refractivity contribution in [3.63, 3.8) is 0 Å². The van der Waals surface area contributed by atoms with Crippen molar-refractivity contribution in [2.75, 3.05) is 19.8 Å². The lowest BCUT2D eigenvalue weighted by atomic mass is 9.83. The molecule has 0 aromatic rings. The molecule has 4 rings (SSSR count). The van der Waals surface area contributed by atoms with Gasteiger partial charge in [-0.15, -0.1) is 0 Å². The number of aliphatic hydroxyl groups is 8. The van der Waals surface area contributed by atoms with E-state index in [0.717, 1.165) is 0 Å². The molecule has 0 aromatic carbocycles. The van der Waals surface area contributed by atoms with E-state index in [1.54, 1.807) is 0 Å². The Labute approximate surface area is 240 Å². The summed E-state index contributed by atoms with van der Waals surface area (Å²) in [5.74, 6) is 0. The summed E-state index contributed by atoms with van der Waals surface area (Å²) in [4.78, 5) is 0. The van der Waals surface area contributed by atoms with Gasteiger partial charge in [0.1, 0.15) is 73.2 Å². The molecule has 0 unspecified atom stereocenters. The molecule has 0 spiro atoms. The van der Waals surface area contributed by atoms with Crippen LogP contribution < -0.4 is 28.7 Å². The number of rotatable bonds is 9. The summed E-state index contributed by atoms with van der Waals surface area (Å²) in [5, 5.41) is 81.6. The molecule has 0 bridgehead atoms. The molecule has 4 aliphatic rings. The SMILES string of the molecule is NC[C@H]1O[C@H](O[C@H]2[C@H](O[C@@H]3O[C@H](CO)[C@@H](O)[C@H]3O)[C@@H](O[C@H]3O[C@H](CO)[C@@H](O)[C@H](N)[C@H]3O)[C@H](N)C[C@@H]2N)[C@H](N)[C@@H](O)[C@@H]1O. The Balaban J connectivity index is 1.63. The lowest BCUT2D eigenvalue weighted by Gasteiger charge is -2.49. The van der Waals surface area contributed by atoms with Gasteiger partial charge in [-0.3, -0.25) is 0 Å². The average Bonchev–Trinajstić information content (AvgIpc) is 3.24. The maximum atomic E-state index is 10.7. The first-order chi connectivity index (χ1) is 19.8. The van der Waals surface area contributed by atoms with Gasteiger partial charge in [0, 0.05) is 18.6 Å². The van der Waals surface area contributed by atoms with E-state index in [4.69, 9.17) is 57.1 Å². The molecule has 0 radical (unpaired) electrons. The molecule has 3 aliphatic heterocycles. The smallest absolute Gasteiger partial charge is 0.187 e. The topological polar surface area (TPSA) is 347 Å². The number of nitrogens with two attached hydrogens (primary N) is 5. The van der Waals surface area contributed by atoms with E-state index in [-0.39, 0.29) is 13.0 Å². The van der Waals surface area contributed by atoms with Crippen LogP contribution in [0.25, 0.3) is 0 Å². The van der Waals surface area contributed by atoms with Crippen LogP contribution in [0.3, 0.4) is 0 Å². The van der Waals surface area contributed by atoms with Crippen molar-refractivity contribution < 1.29 is 69.3 Å². The third-order valence-electron chi connectivity index (χ3n) is 8.33. The third-order valence-corrected chi connectivity index (χ3v) is 8.33. The third kappa shape index (κ3) is 6.60. The Morgan fingerprint density at radius 3 is 1.50 bits per heavy atom. The van der Waals surface area contributed by atoms with Crippen LogP contribution >= 0.6 is 0 Å². The fourth-order valence-corrected chi connectivity index (χ4v) is 5.71. The monoisotopic (exact) mass is 615 g/mol. The lowest BCUT2D eigenvalue weighted by Crippen LogP contribution is -2.70. The number of hydrogen-bond acceptors (Lipinski definition) is 19. The molecule has 0 aromatic heterocycles. The minimum Gasteiger partial charge on any atom is -0.394 e. The quantitative estimate of drug-likeness (QED) is 0.114. The van der Waals surface area contributed by atoms with Crippen LogP contribution in [0.2, 0.25) is 0 Å². The van der Waals surface area contributed by atoms with Crippen LogP contribution in [-0.2, 0) is 28.4 Å². The largest absolute Gasteiger partial charge is 0.394 e. The van der Waals surface area contributed by atoms with Gasteiger partial charge in [-0.1, -0.05) is 0 Å². The van der Waals surface area contributed by atoms with E-state index >= 15 is 0 Å². The van der Waals surface area contributed by atoms with Gasteiger partial charge in [0.25, 0.3) is 0 Å². The first-order valence-corrected chi connectivity index (χ1v) is 13.8. The molecule has 19 nitrogen and oxygen atoms in total. The van der Waals surface area contributed by atoms with Gasteiger partial charge < -0.3 is 97.9 Å². The summed E-state index contributed by atoms with van der Waals surface area (Å²) in [5.41, 5.74) is 30.5. The second-order valence-corrected chi connectivity index (χ2v) is 11.2. The Morgan fingerprint density at radius 1 is 0.524 bits per heavy atom. The minimum absolute atomic E-state index is 0.0273. The maximum Gasteiger partial charge on any atom is 0.187 e. The molecule has 3 saturated heterocycles. The number of ether oxygens (including phenoxy) is 6. The van der Waals surface area contributed by atoms with E-state index in [9.17, 15) is 40.9 Å². The van der Waals surface area contributed by atoms with Gasteiger partial charge in [0.05, 0.1) is 25.3 Å².